The zero-order valence-corrected chi connectivity index (χ0v) is 19.4. The number of hydrazone groups is 1. The Labute approximate surface area is 195 Å². The number of ether oxygens (including phenoxy) is 2. The number of rotatable bonds is 8. The number of methoxy groups -OCH3 is 1. The lowest BCUT2D eigenvalue weighted by Gasteiger charge is -2.13. The highest BCUT2D eigenvalue weighted by atomic mass is 127. The number of benzene rings is 3. The third-order valence-corrected chi connectivity index (χ3v) is 5.19. The second kappa shape index (κ2) is 11.5. The maximum atomic E-state index is 5.99. The van der Waals surface area contributed by atoms with Crippen LogP contribution in [0.15, 0.2) is 77.9 Å². The van der Waals surface area contributed by atoms with Crippen LogP contribution in [0, 0.1) is 3.57 Å². The zero-order valence-electron chi connectivity index (χ0n) is 16.5. The molecule has 0 fully saturated rings. The molecule has 0 unspecified atom stereocenters. The molecule has 154 valence electrons. The molecule has 0 radical (unpaired) electrons. The summed E-state index contributed by atoms with van der Waals surface area (Å²) in [6.07, 6.45) is 1.70. The minimum absolute atomic E-state index is 0.458. The highest BCUT2D eigenvalue weighted by Crippen LogP contribution is 2.34. The van der Waals surface area contributed by atoms with E-state index in [0.29, 0.717) is 29.8 Å². The molecule has 0 spiro atoms. The number of hydrogen-bond donors (Lipinski definition) is 2. The molecule has 2 N–H and O–H groups in total. The Bertz CT molecular complexity index is 998. The number of nitrogens with one attached hydrogen (secondary N) is 2. The van der Waals surface area contributed by atoms with Gasteiger partial charge in [0, 0.05) is 6.54 Å². The Kier molecular flexibility index (Phi) is 8.46. The lowest BCUT2D eigenvalue weighted by molar-refractivity contribution is 0.282. The van der Waals surface area contributed by atoms with Gasteiger partial charge < -0.3 is 14.8 Å². The molecular weight excluding hydrogens is 509 g/mol. The van der Waals surface area contributed by atoms with Crippen LogP contribution < -0.4 is 20.2 Å². The SMILES string of the molecule is COc1cc(/C=N\NC(=S)NCc2ccccc2)cc(I)c1OCc1ccccc1. The Morgan fingerprint density at radius 2 is 1.70 bits per heavy atom. The van der Waals surface area contributed by atoms with E-state index in [9.17, 15) is 0 Å². The second-order valence-electron chi connectivity index (χ2n) is 6.35. The fraction of sp³-hybridized carbons (Fsp3) is 0.130. The summed E-state index contributed by atoms with van der Waals surface area (Å²) < 4.78 is 12.5. The smallest absolute Gasteiger partial charge is 0.187 e. The van der Waals surface area contributed by atoms with Crippen molar-refractivity contribution < 1.29 is 9.47 Å². The molecule has 0 saturated heterocycles. The van der Waals surface area contributed by atoms with Crippen molar-refractivity contribution >= 4 is 46.1 Å². The minimum atomic E-state index is 0.458. The Morgan fingerprint density at radius 3 is 2.37 bits per heavy atom. The summed E-state index contributed by atoms with van der Waals surface area (Å²) >= 11 is 7.50. The molecule has 7 heteroatoms. The highest BCUT2D eigenvalue weighted by molar-refractivity contribution is 14.1. The highest BCUT2D eigenvalue weighted by Gasteiger charge is 2.11. The van der Waals surface area contributed by atoms with Crippen LogP contribution in [0.4, 0.5) is 0 Å². The van der Waals surface area contributed by atoms with Gasteiger partial charge in [-0.25, -0.2) is 0 Å². The van der Waals surface area contributed by atoms with Crippen molar-refractivity contribution in [2.24, 2.45) is 5.10 Å². The Hall–Kier alpha value is -2.65. The van der Waals surface area contributed by atoms with Crippen molar-refractivity contribution in [3.8, 4) is 11.5 Å². The molecular formula is C23H22IN3O2S. The van der Waals surface area contributed by atoms with E-state index in [1.807, 2.05) is 72.8 Å². The summed E-state index contributed by atoms with van der Waals surface area (Å²) in [6.45, 7) is 1.12. The van der Waals surface area contributed by atoms with Crippen molar-refractivity contribution in [1.29, 1.82) is 0 Å². The number of hydrogen-bond acceptors (Lipinski definition) is 4. The molecule has 0 heterocycles. The summed E-state index contributed by atoms with van der Waals surface area (Å²) in [5.41, 5.74) is 5.96. The van der Waals surface area contributed by atoms with Gasteiger partial charge in [-0.3, -0.25) is 5.43 Å². The molecule has 3 aromatic carbocycles. The van der Waals surface area contributed by atoms with Crippen molar-refractivity contribution in [2.75, 3.05) is 7.11 Å². The van der Waals surface area contributed by atoms with Crippen molar-refractivity contribution in [3.63, 3.8) is 0 Å². The normalized spacial score (nSPS) is 10.6. The lowest BCUT2D eigenvalue weighted by atomic mass is 10.2. The van der Waals surface area contributed by atoms with Gasteiger partial charge in [0.25, 0.3) is 0 Å². The predicted molar refractivity (Wildman–Crippen MR) is 133 cm³/mol. The van der Waals surface area contributed by atoms with Gasteiger partial charge >= 0.3 is 0 Å². The summed E-state index contributed by atoms with van der Waals surface area (Å²) in [7, 11) is 1.63. The van der Waals surface area contributed by atoms with E-state index in [1.165, 1.54) is 0 Å². The third kappa shape index (κ3) is 6.70. The number of halogens is 1. The molecule has 0 amide bonds. The molecule has 0 aliphatic heterocycles. The van der Waals surface area contributed by atoms with Crippen molar-refractivity contribution in [2.45, 2.75) is 13.2 Å². The first-order valence-corrected chi connectivity index (χ1v) is 10.8. The largest absolute Gasteiger partial charge is 0.493 e. The van der Waals surface area contributed by atoms with Crippen LogP contribution in [-0.4, -0.2) is 18.4 Å². The fourth-order valence-electron chi connectivity index (χ4n) is 2.67. The van der Waals surface area contributed by atoms with Gasteiger partial charge in [-0.05, 0) is 63.6 Å². The molecule has 0 aliphatic rings. The minimum Gasteiger partial charge on any atom is -0.493 e. The first kappa shape index (κ1) is 22.0. The molecule has 0 atom stereocenters. The monoisotopic (exact) mass is 531 g/mol. The molecule has 5 nitrogen and oxygen atoms in total. The number of nitrogens with zero attached hydrogens (tertiary/aromatic N) is 1. The van der Waals surface area contributed by atoms with Gasteiger partial charge in [0.1, 0.15) is 6.61 Å². The van der Waals surface area contributed by atoms with Crippen LogP contribution in [0.2, 0.25) is 0 Å². The molecule has 0 bridgehead atoms. The summed E-state index contributed by atoms with van der Waals surface area (Å²) in [5, 5.41) is 7.79. The van der Waals surface area contributed by atoms with Gasteiger partial charge in [-0.2, -0.15) is 5.10 Å². The van der Waals surface area contributed by atoms with Crippen LogP contribution in [0.3, 0.4) is 0 Å². The Morgan fingerprint density at radius 1 is 1.03 bits per heavy atom. The van der Waals surface area contributed by atoms with Crippen LogP contribution in [0.25, 0.3) is 0 Å². The van der Waals surface area contributed by atoms with Gasteiger partial charge in [0.15, 0.2) is 16.6 Å². The van der Waals surface area contributed by atoms with Crippen molar-refractivity contribution in [1.82, 2.24) is 10.7 Å². The molecule has 0 saturated carbocycles. The predicted octanol–water partition coefficient (Wildman–Crippen LogP) is 4.88. The number of thiocarbonyl (C=S) groups is 1. The fourth-order valence-corrected chi connectivity index (χ4v) is 3.57. The molecule has 0 aliphatic carbocycles. The van der Waals surface area contributed by atoms with Gasteiger partial charge in [-0.15, -0.1) is 0 Å². The van der Waals surface area contributed by atoms with E-state index in [0.717, 1.165) is 20.3 Å². The van der Waals surface area contributed by atoms with Crippen LogP contribution >= 0.6 is 34.8 Å². The van der Waals surface area contributed by atoms with Gasteiger partial charge in [-0.1, -0.05) is 60.7 Å². The topological polar surface area (TPSA) is 54.9 Å². The first-order chi connectivity index (χ1) is 14.7. The standard InChI is InChI=1S/C23H22IN3O2S/c1-28-21-13-19(12-20(24)22(21)29-16-18-10-6-3-7-11-18)15-26-27-23(30)25-14-17-8-4-2-5-9-17/h2-13,15H,14,16H2,1H3,(H2,25,27,30)/b26-15-. The third-order valence-electron chi connectivity index (χ3n) is 4.15. The average molecular weight is 531 g/mol. The average Bonchev–Trinajstić information content (AvgIpc) is 2.78. The second-order valence-corrected chi connectivity index (χ2v) is 7.92. The summed E-state index contributed by atoms with van der Waals surface area (Å²) in [4.78, 5) is 0. The Balaban J connectivity index is 1.57. The lowest BCUT2D eigenvalue weighted by Crippen LogP contribution is -2.31. The van der Waals surface area contributed by atoms with Crippen LogP contribution in [0.1, 0.15) is 16.7 Å². The van der Waals surface area contributed by atoms with E-state index in [-0.39, 0.29) is 0 Å². The van der Waals surface area contributed by atoms with E-state index in [2.05, 4.69) is 38.4 Å². The summed E-state index contributed by atoms with van der Waals surface area (Å²) in [6, 6.07) is 23.9. The quantitative estimate of drug-likeness (QED) is 0.188. The van der Waals surface area contributed by atoms with Gasteiger partial charge in [0.2, 0.25) is 0 Å². The first-order valence-electron chi connectivity index (χ1n) is 9.31. The van der Waals surface area contributed by atoms with Crippen LogP contribution in [-0.2, 0) is 13.2 Å². The molecule has 3 rings (SSSR count). The van der Waals surface area contributed by atoms with E-state index < -0.39 is 0 Å². The summed E-state index contributed by atoms with van der Waals surface area (Å²) in [5.74, 6) is 1.37. The van der Waals surface area contributed by atoms with E-state index >= 15 is 0 Å². The molecule has 3 aromatic rings. The van der Waals surface area contributed by atoms with Gasteiger partial charge in [0.05, 0.1) is 16.9 Å². The maximum Gasteiger partial charge on any atom is 0.187 e. The maximum absolute atomic E-state index is 5.99. The molecule has 0 aromatic heterocycles. The van der Waals surface area contributed by atoms with E-state index in [4.69, 9.17) is 21.7 Å². The van der Waals surface area contributed by atoms with Crippen LogP contribution in [0.5, 0.6) is 11.5 Å². The van der Waals surface area contributed by atoms with Crippen molar-refractivity contribution in [3.05, 3.63) is 93.1 Å². The molecule has 30 heavy (non-hydrogen) atoms. The van der Waals surface area contributed by atoms with E-state index in [1.54, 1.807) is 13.3 Å². The zero-order chi connectivity index (χ0) is 21.2.